The number of esters is 1. The second-order valence-corrected chi connectivity index (χ2v) is 6.25. The first-order valence-electron chi connectivity index (χ1n) is 8.59. The maximum Gasteiger partial charge on any atom is 0.416 e. The van der Waals surface area contributed by atoms with Gasteiger partial charge < -0.3 is 15.4 Å². The predicted octanol–water partition coefficient (Wildman–Crippen LogP) is 3.31. The number of ether oxygens (including phenoxy) is 1. The number of alkyl halides is 3. The first-order valence-corrected chi connectivity index (χ1v) is 8.59. The Balaban J connectivity index is 1.81. The molecule has 0 fully saturated rings. The topological polar surface area (TPSA) is 84.5 Å². The van der Waals surface area contributed by atoms with E-state index in [1.807, 2.05) is 19.1 Å². The largest absolute Gasteiger partial charge is 0.451 e. The van der Waals surface area contributed by atoms with Crippen molar-refractivity contribution in [3.63, 3.8) is 0 Å². The van der Waals surface area contributed by atoms with Crippen LogP contribution in [0, 0.1) is 6.92 Å². The predicted molar refractivity (Wildman–Crippen MR) is 99.1 cm³/mol. The number of hydrogen-bond acceptors (Lipinski definition) is 4. The number of amides is 2. The van der Waals surface area contributed by atoms with E-state index in [-0.39, 0.29) is 5.56 Å². The van der Waals surface area contributed by atoms with Gasteiger partial charge in [-0.05, 0) is 50.2 Å². The van der Waals surface area contributed by atoms with E-state index in [0.29, 0.717) is 5.69 Å². The van der Waals surface area contributed by atoms with Gasteiger partial charge in [-0.15, -0.1) is 0 Å². The van der Waals surface area contributed by atoms with Crippen molar-refractivity contribution in [3.05, 3.63) is 65.2 Å². The van der Waals surface area contributed by atoms with Gasteiger partial charge in [0.2, 0.25) is 0 Å². The van der Waals surface area contributed by atoms with Gasteiger partial charge in [-0.1, -0.05) is 17.7 Å². The lowest BCUT2D eigenvalue weighted by Crippen LogP contribution is -2.35. The normalized spacial score (nSPS) is 12.0. The lowest BCUT2D eigenvalue weighted by atomic mass is 10.1. The van der Waals surface area contributed by atoms with Crippen LogP contribution >= 0.6 is 0 Å². The maximum atomic E-state index is 12.5. The average molecular weight is 408 g/mol. The second-order valence-electron chi connectivity index (χ2n) is 6.25. The second kappa shape index (κ2) is 9.22. The first kappa shape index (κ1) is 21.9. The molecule has 0 aliphatic heterocycles. The Morgan fingerprint density at radius 2 is 1.59 bits per heavy atom. The first-order chi connectivity index (χ1) is 13.6. The highest BCUT2D eigenvalue weighted by Gasteiger charge is 2.30. The van der Waals surface area contributed by atoms with Crippen LogP contribution in [0.2, 0.25) is 0 Å². The Bertz CT molecular complexity index is 878. The molecule has 154 valence electrons. The van der Waals surface area contributed by atoms with Crippen molar-refractivity contribution in [1.82, 2.24) is 5.32 Å². The highest BCUT2D eigenvalue weighted by atomic mass is 19.4. The maximum absolute atomic E-state index is 12.5. The number of nitrogens with one attached hydrogen (secondary N) is 2. The van der Waals surface area contributed by atoms with E-state index in [9.17, 15) is 27.6 Å². The summed E-state index contributed by atoms with van der Waals surface area (Å²) >= 11 is 0. The molecule has 2 N–H and O–H groups in total. The third kappa shape index (κ3) is 6.63. The number of hydrogen-bond donors (Lipinski definition) is 2. The van der Waals surface area contributed by atoms with Crippen molar-refractivity contribution < 1.29 is 32.3 Å². The molecule has 0 saturated carbocycles. The minimum atomic E-state index is -4.51. The van der Waals surface area contributed by atoms with Crippen LogP contribution in [0.5, 0.6) is 0 Å². The molecular formula is C20H19F3N2O4. The molecule has 0 radical (unpaired) electrons. The molecular weight excluding hydrogens is 389 g/mol. The summed E-state index contributed by atoms with van der Waals surface area (Å²) in [5, 5.41) is 4.82. The summed E-state index contributed by atoms with van der Waals surface area (Å²) in [6, 6.07) is 10.6. The van der Waals surface area contributed by atoms with Crippen LogP contribution in [-0.2, 0) is 20.5 Å². The lowest BCUT2D eigenvalue weighted by Gasteiger charge is -2.14. The Hall–Kier alpha value is -3.36. The van der Waals surface area contributed by atoms with Crippen molar-refractivity contribution in [3.8, 4) is 0 Å². The molecule has 2 rings (SSSR count). The standard InChI is InChI=1S/C20H19F3N2O4/c1-12-3-9-16(10-4-12)25-18(27)13(2)29-17(26)11-24-19(28)14-5-7-15(8-6-14)20(21,22)23/h3-10,13H,11H2,1-2H3,(H,24,28)(H,25,27)/t13-/m1/s1. The fraction of sp³-hybridized carbons (Fsp3) is 0.250. The third-order valence-corrected chi connectivity index (χ3v) is 3.86. The van der Waals surface area contributed by atoms with Crippen molar-refractivity contribution in [2.75, 3.05) is 11.9 Å². The van der Waals surface area contributed by atoms with Gasteiger partial charge in [-0.3, -0.25) is 14.4 Å². The van der Waals surface area contributed by atoms with Gasteiger partial charge in [0.1, 0.15) is 6.54 Å². The van der Waals surface area contributed by atoms with Crippen LogP contribution < -0.4 is 10.6 Å². The number of carbonyl (C=O) groups is 3. The van der Waals surface area contributed by atoms with Gasteiger partial charge in [0.15, 0.2) is 6.10 Å². The average Bonchev–Trinajstić information content (AvgIpc) is 2.67. The van der Waals surface area contributed by atoms with Gasteiger partial charge in [0.05, 0.1) is 5.56 Å². The molecule has 0 saturated heterocycles. The molecule has 6 nitrogen and oxygen atoms in total. The number of anilines is 1. The highest BCUT2D eigenvalue weighted by Crippen LogP contribution is 2.29. The Kier molecular flexibility index (Phi) is 6.98. The number of aryl methyl sites for hydroxylation is 1. The minimum absolute atomic E-state index is 0.0454. The van der Waals surface area contributed by atoms with E-state index >= 15 is 0 Å². The Morgan fingerprint density at radius 3 is 2.14 bits per heavy atom. The summed E-state index contributed by atoms with van der Waals surface area (Å²) in [6.45, 7) is 2.73. The molecule has 1 atom stereocenters. The molecule has 29 heavy (non-hydrogen) atoms. The lowest BCUT2D eigenvalue weighted by molar-refractivity contribution is -0.152. The molecule has 2 aromatic rings. The van der Waals surface area contributed by atoms with Crippen molar-refractivity contribution >= 4 is 23.5 Å². The Morgan fingerprint density at radius 1 is 1.00 bits per heavy atom. The molecule has 0 aromatic heterocycles. The summed E-state index contributed by atoms with van der Waals surface area (Å²) in [6.07, 6.45) is -5.61. The summed E-state index contributed by atoms with van der Waals surface area (Å²) in [5.74, 6) is -2.15. The van der Waals surface area contributed by atoms with Gasteiger partial charge in [0, 0.05) is 11.3 Å². The molecule has 0 aliphatic carbocycles. The van der Waals surface area contributed by atoms with Gasteiger partial charge >= 0.3 is 12.1 Å². The van der Waals surface area contributed by atoms with E-state index in [1.165, 1.54) is 6.92 Å². The molecule has 0 spiro atoms. The zero-order valence-electron chi connectivity index (χ0n) is 15.7. The Labute approximate surface area is 165 Å². The monoisotopic (exact) mass is 408 g/mol. The fourth-order valence-corrected chi connectivity index (χ4v) is 2.24. The van der Waals surface area contributed by atoms with E-state index in [4.69, 9.17) is 4.74 Å². The van der Waals surface area contributed by atoms with E-state index in [1.54, 1.807) is 12.1 Å². The van der Waals surface area contributed by atoms with E-state index in [0.717, 1.165) is 29.8 Å². The zero-order valence-corrected chi connectivity index (χ0v) is 15.7. The quantitative estimate of drug-likeness (QED) is 0.719. The molecule has 2 aromatic carbocycles. The van der Waals surface area contributed by atoms with Crippen molar-refractivity contribution in [1.29, 1.82) is 0 Å². The summed E-state index contributed by atoms with van der Waals surface area (Å²) < 4.78 is 42.5. The van der Waals surface area contributed by atoms with Crippen LogP contribution in [0.1, 0.15) is 28.4 Å². The van der Waals surface area contributed by atoms with E-state index < -0.39 is 42.2 Å². The van der Waals surface area contributed by atoms with Crippen LogP contribution in [0.25, 0.3) is 0 Å². The summed E-state index contributed by atoms with van der Waals surface area (Å²) in [7, 11) is 0. The van der Waals surface area contributed by atoms with Gasteiger partial charge in [-0.2, -0.15) is 13.2 Å². The highest BCUT2D eigenvalue weighted by molar-refractivity contribution is 5.97. The molecule has 0 aliphatic rings. The van der Waals surface area contributed by atoms with Crippen molar-refractivity contribution in [2.24, 2.45) is 0 Å². The number of benzene rings is 2. The smallest absolute Gasteiger partial charge is 0.416 e. The van der Waals surface area contributed by atoms with Gasteiger partial charge in [0.25, 0.3) is 11.8 Å². The molecule has 2 amide bonds. The van der Waals surface area contributed by atoms with Gasteiger partial charge in [-0.25, -0.2) is 0 Å². The molecule has 0 heterocycles. The van der Waals surface area contributed by atoms with Crippen molar-refractivity contribution in [2.45, 2.75) is 26.1 Å². The SMILES string of the molecule is Cc1ccc(NC(=O)[C@@H](C)OC(=O)CNC(=O)c2ccc(C(F)(F)F)cc2)cc1. The van der Waals surface area contributed by atoms with Crippen LogP contribution in [0.4, 0.5) is 18.9 Å². The molecule has 0 bridgehead atoms. The van der Waals surface area contributed by atoms with Crippen LogP contribution in [0.3, 0.4) is 0 Å². The fourth-order valence-electron chi connectivity index (χ4n) is 2.24. The van der Waals surface area contributed by atoms with Crippen LogP contribution in [0.15, 0.2) is 48.5 Å². The molecule has 0 unspecified atom stereocenters. The number of rotatable bonds is 6. The number of carbonyl (C=O) groups excluding carboxylic acids is 3. The zero-order chi connectivity index (χ0) is 21.6. The molecule has 9 heteroatoms. The minimum Gasteiger partial charge on any atom is -0.451 e. The summed E-state index contributed by atoms with van der Waals surface area (Å²) in [5.41, 5.74) is 0.628. The summed E-state index contributed by atoms with van der Waals surface area (Å²) in [4.78, 5) is 35.8. The third-order valence-electron chi connectivity index (χ3n) is 3.86. The number of halogens is 3. The van der Waals surface area contributed by atoms with E-state index in [2.05, 4.69) is 10.6 Å². The van der Waals surface area contributed by atoms with Crippen LogP contribution in [-0.4, -0.2) is 30.4 Å².